The minimum atomic E-state index is -3.56. The lowest BCUT2D eigenvalue weighted by Crippen LogP contribution is -2.14. The van der Waals surface area contributed by atoms with E-state index in [0.29, 0.717) is 0 Å². The van der Waals surface area contributed by atoms with Gasteiger partial charge >= 0.3 is 15.2 Å². The Morgan fingerprint density at radius 2 is 1.05 bits per heavy atom. The molecule has 0 radical (unpaired) electrons. The Morgan fingerprint density at radius 1 is 0.789 bits per heavy atom. The van der Waals surface area contributed by atoms with Gasteiger partial charge in [-0.15, -0.1) is 11.8 Å². The molecule has 0 unspecified atom stereocenters. The van der Waals surface area contributed by atoms with Gasteiger partial charge in [0.2, 0.25) is 4.73 Å². The third kappa shape index (κ3) is 5.50. The predicted octanol–water partition coefficient (Wildman–Crippen LogP) is 4.17. The van der Waals surface area contributed by atoms with E-state index in [9.17, 15) is 9.13 Å². The second-order valence-corrected chi connectivity index (χ2v) is 9.59. The number of hydrogen-bond acceptors (Lipinski definition) is 7. The van der Waals surface area contributed by atoms with Gasteiger partial charge in [0, 0.05) is 0 Å². The first-order valence-electron chi connectivity index (χ1n) is 6.24. The zero-order chi connectivity index (χ0) is 14.9. The first-order valence-corrected chi connectivity index (χ1v) is 10.8. The monoisotopic (exact) mass is 334 g/mol. The molecule has 116 valence electrons. The van der Waals surface area contributed by atoms with Gasteiger partial charge in [0.05, 0.1) is 26.4 Å². The molecule has 0 aromatic carbocycles. The van der Waals surface area contributed by atoms with Crippen LogP contribution < -0.4 is 0 Å². The summed E-state index contributed by atoms with van der Waals surface area (Å²) >= 11 is 1.12. The summed E-state index contributed by atoms with van der Waals surface area (Å²) in [5, 5.41) is 0. The Bertz CT molecular complexity index is 288. The zero-order valence-corrected chi connectivity index (χ0v) is 14.8. The molecule has 0 atom stereocenters. The first-order chi connectivity index (χ1) is 8.94. The molecule has 9 heteroatoms. The van der Waals surface area contributed by atoms with E-state index >= 15 is 0 Å². The van der Waals surface area contributed by atoms with Crippen LogP contribution in [0.3, 0.4) is 0 Å². The molecule has 0 saturated heterocycles. The second-order valence-electron chi connectivity index (χ2n) is 3.31. The summed E-state index contributed by atoms with van der Waals surface area (Å²) in [6.07, 6.45) is 1.68. The van der Waals surface area contributed by atoms with Gasteiger partial charge in [-0.25, -0.2) is 0 Å². The average Bonchev–Trinajstić information content (AvgIpc) is 2.30. The maximum absolute atomic E-state index is 12.7. The quantitative estimate of drug-likeness (QED) is 0.525. The second kappa shape index (κ2) is 9.56. The molecule has 0 aromatic heterocycles. The Balaban J connectivity index is 5.41. The summed E-state index contributed by atoms with van der Waals surface area (Å²) in [4.78, 5) is 0. The summed E-state index contributed by atoms with van der Waals surface area (Å²) in [6, 6.07) is 0. The molecule has 0 spiro atoms. The van der Waals surface area contributed by atoms with Gasteiger partial charge in [-0.05, 0) is 34.0 Å². The summed E-state index contributed by atoms with van der Waals surface area (Å²) in [5.41, 5.74) is 0. The lowest BCUT2D eigenvalue weighted by Gasteiger charge is -2.29. The third-order valence-electron chi connectivity index (χ3n) is 1.99. The smallest absolute Gasteiger partial charge is 0.308 e. The van der Waals surface area contributed by atoms with Gasteiger partial charge in [0.1, 0.15) is 0 Å². The molecule has 0 bridgehead atoms. The highest BCUT2D eigenvalue weighted by Gasteiger charge is 2.50. The van der Waals surface area contributed by atoms with Gasteiger partial charge in [0.25, 0.3) is 0 Å². The standard InChI is InChI=1S/C10H24O6P2S/c1-6-13-17(11,14-7-2)10(19-5)18(12,15-8-3)16-9-4/h10H,6-9H2,1-5H3. The van der Waals surface area contributed by atoms with Crippen molar-refractivity contribution in [3.05, 3.63) is 0 Å². The highest BCUT2D eigenvalue weighted by molar-refractivity contribution is 8.12. The van der Waals surface area contributed by atoms with Crippen LogP contribution >= 0.6 is 27.0 Å². The fourth-order valence-corrected chi connectivity index (χ4v) is 8.56. The normalized spacial score (nSPS) is 13.2. The molecule has 0 fully saturated rings. The van der Waals surface area contributed by atoms with E-state index in [1.807, 2.05) is 0 Å². The third-order valence-corrected chi connectivity index (χ3v) is 10.5. The van der Waals surface area contributed by atoms with E-state index in [1.54, 1.807) is 34.0 Å². The minimum Gasteiger partial charge on any atom is -0.308 e. The van der Waals surface area contributed by atoms with Crippen LogP contribution in [0.25, 0.3) is 0 Å². The van der Waals surface area contributed by atoms with Crippen molar-refractivity contribution in [2.75, 3.05) is 32.7 Å². The van der Waals surface area contributed by atoms with Crippen molar-refractivity contribution in [3.8, 4) is 0 Å². The van der Waals surface area contributed by atoms with Crippen LogP contribution in [0.2, 0.25) is 0 Å². The number of rotatable bonds is 11. The van der Waals surface area contributed by atoms with Gasteiger partial charge in [-0.3, -0.25) is 9.13 Å². The summed E-state index contributed by atoms with van der Waals surface area (Å²) in [6.45, 7) is 7.62. The summed E-state index contributed by atoms with van der Waals surface area (Å²) in [5.74, 6) is 0. The predicted molar refractivity (Wildman–Crippen MR) is 79.0 cm³/mol. The molecule has 19 heavy (non-hydrogen) atoms. The molecule has 0 aliphatic rings. The van der Waals surface area contributed by atoms with Crippen molar-refractivity contribution in [1.82, 2.24) is 0 Å². The van der Waals surface area contributed by atoms with Crippen LogP contribution in [-0.2, 0) is 27.2 Å². The van der Waals surface area contributed by atoms with Crippen molar-refractivity contribution in [3.63, 3.8) is 0 Å². The number of hydrogen-bond donors (Lipinski definition) is 0. The van der Waals surface area contributed by atoms with Crippen molar-refractivity contribution in [1.29, 1.82) is 0 Å². The fraction of sp³-hybridized carbons (Fsp3) is 1.00. The van der Waals surface area contributed by atoms with Gasteiger partial charge in [-0.1, -0.05) is 0 Å². The van der Waals surface area contributed by atoms with E-state index in [2.05, 4.69) is 0 Å². The van der Waals surface area contributed by atoms with Crippen LogP contribution in [0.1, 0.15) is 27.7 Å². The molecule has 0 aliphatic heterocycles. The lowest BCUT2D eigenvalue weighted by atomic mass is 10.9. The zero-order valence-electron chi connectivity index (χ0n) is 12.2. The van der Waals surface area contributed by atoms with Crippen LogP contribution in [0.15, 0.2) is 0 Å². The molecule has 0 amide bonds. The Labute approximate surface area is 120 Å². The van der Waals surface area contributed by atoms with E-state index in [0.717, 1.165) is 11.8 Å². The average molecular weight is 334 g/mol. The van der Waals surface area contributed by atoms with E-state index in [4.69, 9.17) is 18.1 Å². The molecule has 6 nitrogen and oxygen atoms in total. The van der Waals surface area contributed by atoms with Gasteiger partial charge in [-0.2, -0.15) is 0 Å². The Kier molecular flexibility index (Phi) is 9.89. The molecular weight excluding hydrogens is 310 g/mol. The SMILES string of the molecule is CCOP(=O)(OCC)C(SC)P(=O)(OCC)OCC. The molecule has 0 N–H and O–H groups in total. The van der Waals surface area contributed by atoms with Crippen LogP contribution in [0.4, 0.5) is 0 Å². The first kappa shape index (κ1) is 19.7. The van der Waals surface area contributed by atoms with Gasteiger partial charge in [0.15, 0.2) is 0 Å². The molecule has 0 aromatic rings. The lowest BCUT2D eigenvalue weighted by molar-refractivity contribution is 0.203. The fourth-order valence-electron chi connectivity index (χ4n) is 1.48. The van der Waals surface area contributed by atoms with Crippen molar-refractivity contribution < 1.29 is 27.2 Å². The summed E-state index contributed by atoms with van der Waals surface area (Å²) < 4.78 is 45.5. The van der Waals surface area contributed by atoms with Crippen molar-refractivity contribution >= 4 is 27.0 Å². The summed E-state index contributed by atoms with van der Waals surface area (Å²) in [7, 11) is -7.12. The Morgan fingerprint density at radius 3 is 1.21 bits per heavy atom. The maximum Gasteiger partial charge on any atom is 0.355 e. The molecular formula is C10H24O6P2S. The van der Waals surface area contributed by atoms with E-state index in [-0.39, 0.29) is 26.4 Å². The largest absolute Gasteiger partial charge is 0.355 e. The van der Waals surface area contributed by atoms with Crippen LogP contribution in [0.5, 0.6) is 0 Å². The molecule has 0 saturated carbocycles. The van der Waals surface area contributed by atoms with Crippen LogP contribution in [-0.4, -0.2) is 37.4 Å². The highest BCUT2D eigenvalue weighted by Crippen LogP contribution is 2.73. The highest BCUT2D eigenvalue weighted by atomic mass is 32.2. The molecule has 0 rings (SSSR count). The van der Waals surface area contributed by atoms with Crippen molar-refractivity contribution in [2.24, 2.45) is 0 Å². The minimum absolute atomic E-state index is 0.201. The van der Waals surface area contributed by atoms with Gasteiger partial charge < -0.3 is 18.1 Å². The topological polar surface area (TPSA) is 71.1 Å². The van der Waals surface area contributed by atoms with Crippen molar-refractivity contribution in [2.45, 2.75) is 32.4 Å². The maximum atomic E-state index is 12.7. The molecule has 0 aliphatic carbocycles. The van der Waals surface area contributed by atoms with E-state index < -0.39 is 19.9 Å². The number of thioether (sulfide) groups is 1. The van der Waals surface area contributed by atoms with Crippen LogP contribution in [0, 0.1) is 0 Å². The Hall–Kier alpha value is 0.650. The molecule has 0 heterocycles. The van der Waals surface area contributed by atoms with E-state index in [1.165, 1.54) is 0 Å².